The number of rotatable bonds is 3. The van der Waals surface area contributed by atoms with Crippen molar-refractivity contribution in [3.8, 4) is 0 Å². The van der Waals surface area contributed by atoms with Gasteiger partial charge in [0, 0.05) is 13.2 Å². The predicted molar refractivity (Wildman–Crippen MR) is 74.6 cm³/mol. The van der Waals surface area contributed by atoms with Crippen LogP contribution >= 0.6 is 11.3 Å². The van der Waals surface area contributed by atoms with Crippen LogP contribution in [0.15, 0.2) is 29.9 Å². The maximum atomic E-state index is 6.10. The van der Waals surface area contributed by atoms with Crippen molar-refractivity contribution in [2.75, 3.05) is 11.1 Å². The topological polar surface area (TPSA) is 68.8 Å². The zero-order valence-electron chi connectivity index (χ0n) is 9.92. The molecular weight excluding hydrogens is 246 g/mol. The molecule has 3 rings (SSSR count). The number of nitrogens with two attached hydrogens (primary N) is 1. The molecule has 0 spiro atoms. The maximum absolute atomic E-state index is 6.10. The first-order valence-electron chi connectivity index (χ1n) is 5.58. The standard InChI is InChI=1S/C12H13N5S/c1-17-8(4-5-16-17)6-14-9-2-3-10-12(11(9)13)15-7-18-10/h2-5,7,14H,6,13H2,1H3. The smallest absolute Gasteiger partial charge is 0.106 e. The van der Waals surface area contributed by atoms with Crippen molar-refractivity contribution < 1.29 is 0 Å². The second-order valence-electron chi connectivity index (χ2n) is 4.03. The van der Waals surface area contributed by atoms with Crippen molar-refractivity contribution in [3.05, 3.63) is 35.6 Å². The first-order chi connectivity index (χ1) is 8.75. The number of aryl methyl sites for hydroxylation is 1. The van der Waals surface area contributed by atoms with Crippen LogP contribution in [-0.2, 0) is 13.6 Å². The highest BCUT2D eigenvalue weighted by molar-refractivity contribution is 7.16. The van der Waals surface area contributed by atoms with E-state index in [-0.39, 0.29) is 0 Å². The van der Waals surface area contributed by atoms with Crippen LogP contribution < -0.4 is 11.1 Å². The number of nitrogens with one attached hydrogen (secondary N) is 1. The monoisotopic (exact) mass is 259 g/mol. The van der Waals surface area contributed by atoms with E-state index >= 15 is 0 Å². The van der Waals surface area contributed by atoms with Crippen LogP contribution in [0.4, 0.5) is 11.4 Å². The van der Waals surface area contributed by atoms with Crippen molar-refractivity contribution in [1.82, 2.24) is 14.8 Å². The number of fused-ring (bicyclic) bond motifs is 1. The van der Waals surface area contributed by atoms with Crippen LogP contribution in [-0.4, -0.2) is 14.8 Å². The number of hydrogen-bond donors (Lipinski definition) is 2. The second-order valence-corrected chi connectivity index (χ2v) is 4.91. The van der Waals surface area contributed by atoms with E-state index in [1.807, 2.05) is 35.4 Å². The lowest BCUT2D eigenvalue weighted by molar-refractivity contribution is 0.720. The molecule has 3 aromatic rings. The van der Waals surface area contributed by atoms with Crippen molar-refractivity contribution in [1.29, 1.82) is 0 Å². The van der Waals surface area contributed by atoms with E-state index in [0.29, 0.717) is 12.2 Å². The molecule has 0 aliphatic heterocycles. The van der Waals surface area contributed by atoms with Crippen molar-refractivity contribution in [2.45, 2.75) is 6.54 Å². The Bertz CT molecular complexity index is 685. The summed E-state index contributed by atoms with van der Waals surface area (Å²) in [6.07, 6.45) is 1.78. The van der Waals surface area contributed by atoms with Crippen LogP contribution in [0.2, 0.25) is 0 Å². The number of thiazole rings is 1. The molecule has 0 radical (unpaired) electrons. The second kappa shape index (κ2) is 4.30. The average molecular weight is 259 g/mol. The zero-order valence-corrected chi connectivity index (χ0v) is 10.7. The lowest BCUT2D eigenvalue weighted by Crippen LogP contribution is -2.07. The predicted octanol–water partition coefficient (Wildman–Crippen LogP) is 2.22. The Morgan fingerprint density at radius 3 is 3.06 bits per heavy atom. The van der Waals surface area contributed by atoms with E-state index in [1.165, 1.54) is 0 Å². The van der Waals surface area contributed by atoms with Crippen LogP contribution in [0.5, 0.6) is 0 Å². The number of nitrogens with zero attached hydrogens (tertiary/aromatic N) is 3. The highest BCUT2D eigenvalue weighted by atomic mass is 32.1. The number of aromatic nitrogens is 3. The summed E-state index contributed by atoms with van der Waals surface area (Å²) in [4.78, 5) is 4.28. The van der Waals surface area contributed by atoms with Gasteiger partial charge in [-0.3, -0.25) is 4.68 Å². The normalized spacial score (nSPS) is 10.9. The Balaban J connectivity index is 1.86. The SMILES string of the molecule is Cn1nccc1CNc1ccc2scnc2c1N. The fourth-order valence-corrected chi connectivity index (χ4v) is 2.56. The van der Waals surface area contributed by atoms with Gasteiger partial charge in [-0.1, -0.05) is 0 Å². The molecule has 92 valence electrons. The average Bonchev–Trinajstić information content (AvgIpc) is 2.98. The van der Waals surface area contributed by atoms with Crippen molar-refractivity contribution >= 4 is 32.9 Å². The minimum atomic E-state index is 0.691. The summed E-state index contributed by atoms with van der Waals surface area (Å²) < 4.78 is 2.95. The van der Waals surface area contributed by atoms with Crippen LogP contribution in [0, 0.1) is 0 Å². The molecule has 0 saturated heterocycles. The highest BCUT2D eigenvalue weighted by Crippen LogP contribution is 2.30. The van der Waals surface area contributed by atoms with Gasteiger partial charge in [0.05, 0.1) is 33.8 Å². The molecule has 18 heavy (non-hydrogen) atoms. The van der Waals surface area contributed by atoms with Crippen molar-refractivity contribution in [2.24, 2.45) is 7.05 Å². The molecular formula is C12H13N5S. The Kier molecular flexibility index (Phi) is 2.64. The number of benzene rings is 1. The Labute approximate surface area is 108 Å². The Hall–Kier alpha value is -2.08. The molecule has 0 fully saturated rings. The summed E-state index contributed by atoms with van der Waals surface area (Å²) in [6, 6.07) is 6.01. The van der Waals surface area contributed by atoms with E-state index in [1.54, 1.807) is 17.5 Å². The molecule has 0 bridgehead atoms. The van der Waals surface area contributed by atoms with E-state index in [9.17, 15) is 0 Å². The minimum Gasteiger partial charge on any atom is -0.395 e. The molecule has 1 aromatic carbocycles. The maximum Gasteiger partial charge on any atom is 0.106 e. The van der Waals surface area contributed by atoms with Gasteiger partial charge in [0.2, 0.25) is 0 Å². The molecule has 6 heteroatoms. The third kappa shape index (κ3) is 1.80. The van der Waals surface area contributed by atoms with Gasteiger partial charge in [0.1, 0.15) is 5.52 Å². The molecule has 5 nitrogen and oxygen atoms in total. The van der Waals surface area contributed by atoms with Gasteiger partial charge in [-0.05, 0) is 18.2 Å². The van der Waals surface area contributed by atoms with Crippen molar-refractivity contribution in [3.63, 3.8) is 0 Å². The molecule has 0 saturated carbocycles. The van der Waals surface area contributed by atoms with E-state index in [4.69, 9.17) is 5.73 Å². The largest absolute Gasteiger partial charge is 0.395 e. The first kappa shape index (κ1) is 11.0. The number of hydrogen-bond acceptors (Lipinski definition) is 5. The molecule has 3 N–H and O–H groups in total. The lowest BCUT2D eigenvalue weighted by Gasteiger charge is -2.09. The molecule has 0 aliphatic carbocycles. The zero-order chi connectivity index (χ0) is 12.5. The summed E-state index contributed by atoms with van der Waals surface area (Å²) in [5.74, 6) is 0. The van der Waals surface area contributed by atoms with Gasteiger partial charge >= 0.3 is 0 Å². The molecule has 0 aliphatic rings. The van der Waals surface area contributed by atoms with Crippen LogP contribution in [0.25, 0.3) is 10.2 Å². The third-order valence-electron chi connectivity index (χ3n) is 2.92. The minimum absolute atomic E-state index is 0.691. The summed E-state index contributed by atoms with van der Waals surface area (Å²) in [5, 5.41) is 7.44. The van der Waals surface area contributed by atoms with E-state index < -0.39 is 0 Å². The van der Waals surface area contributed by atoms with Gasteiger partial charge in [0.25, 0.3) is 0 Å². The third-order valence-corrected chi connectivity index (χ3v) is 3.72. The summed E-state index contributed by atoms with van der Waals surface area (Å²) in [5.41, 5.74) is 11.5. The molecule has 0 unspecified atom stereocenters. The van der Waals surface area contributed by atoms with Crippen LogP contribution in [0.3, 0.4) is 0 Å². The quantitative estimate of drug-likeness (QED) is 0.708. The first-order valence-corrected chi connectivity index (χ1v) is 6.46. The fourth-order valence-electron chi connectivity index (χ4n) is 1.87. The Morgan fingerprint density at radius 1 is 1.39 bits per heavy atom. The summed E-state index contributed by atoms with van der Waals surface area (Å²) >= 11 is 1.60. The Morgan fingerprint density at radius 2 is 2.28 bits per heavy atom. The summed E-state index contributed by atoms with van der Waals surface area (Å²) in [6.45, 7) is 0.691. The van der Waals surface area contributed by atoms with E-state index in [0.717, 1.165) is 21.6 Å². The van der Waals surface area contributed by atoms with Gasteiger partial charge in [-0.25, -0.2) is 4.98 Å². The summed E-state index contributed by atoms with van der Waals surface area (Å²) in [7, 11) is 1.92. The lowest BCUT2D eigenvalue weighted by atomic mass is 10.2. The van der Waals surface area contributed by atoms with Crippen LogP contribution in [0.1, 0.15) is 5.69 Å². The van der Waals surface area contributed by atoms with Gasteiger partial charge in [-0.2, -0.15) is 5.10 Å². The molecule has 2 heterocycles. The molecule has 0 atom stereocenters. The number of nitrogen functional groups attached to an aromatic ring is 1. The molecule has 0 amide bonds. The van der Waals surface area contributed by atoms with Gasteiger partial charge in [-0.15, -0.1) is 11.3 Å². The molecule has 2 aromatic heterocycles. The number of anilines is 2. The van der Waals surface area contributed by atoms with Gasteiger partial charge in [0.15, 0.2) is 0 Å². The van der Waals surface area contributed by atoms with E-state index in [2.05, 4.69) is 15.4 Å². The highest BCUT2D eigenvalue weighted by Gasteiger charge is 2.07. The van der Waals surface area contributed by atoms with Gasteiger partial charge < -0.3 is 11.1 Å². The fraction of sp³-hybridized carbons (Fsp3) is 0.167.